The van der Waals surface area contributed by atoms with Crippen LogP contribution in [0.25, 0.3) is 5.69 Å². The molecule has 30 heavy (non-hydrogen) atoms. The third kappa shape index (κ3) is 3.21. The van der Waals surface area contributed by atoms with Gasteiger partial charge in [0.2, 0.25) is 0 Å². The van der Waals surface area contributed by atoms with Crippen LogP contribution < -0.4 is 5.32 Å². The quantitative estimate of drug-likeness (QED) is 0.441. The van der Waals surface area contributed by atoms with Gasteiger partial charge in [-0.1, -0.05) is 92.7 Å². The molecule has 0 aliphatic carbocycles. The molecule has 0 saturated carbocycles. The molecule has 0 unspecified atom stereocenters. The number of hydrogen-bond acceptors (Lipinski definition) is 2. The second kappa shape index (κ2) is 7.83. The van der Waals surface area contributed by atoms with E-state index in [4.69, 9.17) is 5.10 Å². The molecule has 3 aromatic carbocycles. The molecule has 4 aromatic rings. The predicted octanol–water partition coefficient (Wildman–Crippen LogP) is 6.14. The van der Waals surface area contributed by atoms with Gasteiger partial charge in [-0.3, -0.25) is 0 Å². The minimum absolute atomic E-state index is 0.119. The van der Waals surface area contributed by atoms with Gasteiger partial charge in [-0.2, -0.15) is 5.10 Å². The number of fused-ring (bicyclic) bond motifs is 1. The van der Waals surface area contributed by atoms with E-state index in [1.165, 1.54) is 27.9 Å². The molecule has 150 valence electrons. The minimum atomic E-state index is 0.119. The number of nitrogens with zero attached hydrogens (tertiary/aromatic N) is 2. The summed E-state index contributed by atoms with van der Waals surface area (Å²) in [4.78, 5) is 0. The smallest absolute Gasteiger partial charge is 0.133 e. The van der Waals surface area contributed by atoms with E-state index in [2.05, 4.69) is 109 Å². The summed E-state index contributed by atoms with van der Waals surface area (Å²) in [5.41, 5.74) is 7.54. The van der Waals surface area contributed by atoms with E-state index in [0.717, 1.165) is 24.5 Å². The maximum absolute atomic E-state index is 5.25. The van der Waals surface area contributed by atoms with Gasteiger partial charge in [0.05, 0.1) is 17.3 Å². The first-order chi connectivity index (χ1) is 14.7. The topological polar surface area (TPSA) is 29.9 Å². The number of rotatable bonds is 5. The average molecular weight is 394 g/mol. The Balaban J connectivity index is 1.73. The largest absolute Gasteiger partial charge is 0.369 e. The number of aromatic nitrogens is 2. The number of benzene rings is 3. The minimum Gasteiger partial charge on any atom is -0.369 e. The van der Waals surface area contributed by atoms with E-state index in [9.17, 15) is 0 Å². The van der Waals surface area contributed by atoms with Crippen molar-refractivity contribution in [2.45, 2.75) is 32.1 Å². The zero-order chi connectivity index (χ0) is 20.5. The summed E-state index contributed by atoms with van der Waals surface area (Å²) in [7, 11) is 0. The third-order valence-electron chi connectivity index (χ3n) is 6.01. The molecule has 0 saturated heterocycles. The van der Waals surface area contributed by atoms with Crippen molar-refractivity contribution in [3.63, 3.8) is 0 Å². The monoisotopic (exact) mass is 393 g/mol. The molecular formula is C27H27N3. The Morgan fingerprint density at radius 2 is 1.40 bits per heavy atom. The summed E-state index contributed by atoms with van der Waals surface area (Å²) in [6.45, 7) is 5.45. The van der Waals surface area contributed by atoms with Crippen molar-refractivity contribution in [2.75, 3.05) is 11.9 Å². The Hall–Kier alpha value is -3.33. The van der Waals surface area contributed by atoms with Crippen LogP contribution in [0, 0.1) is 0 Å². The fourth-order valence-corrected chi connectivity index (χ4v) is 4.58. The molecule has 0 radical (unpaired) electrons. The number of nitrogens with one attached hydrogen (secondary N) is 1. The van der Waals surface area contributed by atoms with Crippen molar-refractivity contribution >= 4 is 5.82 Å². The highest BCUT2D eigenvalue weighted by Crippen LogP contribution is 2.39. The molecule has 1 aliphatic heterocycles. The van der Waals surface area contributed by atoms with Crippen LogP contribution in [0.4, 0.5) is 5.82 Å². The van der Waals surface area contributed by atoms with Crippen LogP contribution in [0.5, 0.6) is 0 Å². The molecular weight excluding hydrogens is 366 g/mol. The van der Waals surface area contributed by atoms with Gasteiger partial charge in [0, 0.05) is 12.1 Å². The molecule has 0 atom stereocenters. The van der Waals surface area contributed by atoms with Crippen LogP contribution in [0.3, 0.4) is 0 Å². The molecule has 2 heterocycles. The van der Waals surface area contributed by atoms with Crippen molar-refractivity contribution in [3.05, 3.63) is 113 Å². The average Bonchev–Trinajstić information content (AvgIpc) is 3.39. The van der Waals surface area contributed by atoms with E-state index < -0.39 is 0 Å². The molecule has 0 spiro atoms. The highest BCUT2D eigenvalue weighted by atomic mass is 15.3. The van der Waals surface area contributed by atoms with Gasteiger partial charge < -0.3 is 5.32 Å². The Bertz CT molecular complexity index is 1100. The van der Waals surface area contributed by atoms with Gasteiger partial charge in [0.15, 0.2) is 0 Å². The summed E-state index contributed by atoms with van der Waals surface area (Å²) in [5.74, 6) is 1.70. The highest BCUT2D eigenvalue weighted by Gasteiger charge is 2.30. The van der Waals surface area contributed by atoms with Gasteiger partial charge in [-0.05, 0) is 35.1 Å². The lowest BCUT2D eigenvalue weighted by Gasteiger charge is -2.18. The van der Waals surface area contributed by atoms with Crippen molar-refractivity contribution in [3.8, 4) is 5.69 Å². The number of hydrogen-bond donors (Lipinski definition) is 1. The maximum atomic E-state index is 5.25. The first-order valence-electron chi connectivity index (χ1n) is 10.8. The summed E-state index contributed by atoms with van der Waals surface area (Å²) < 4.78 is 2.14. The van der Waals surface area contributed by atoms with Crippen LogP contribution in [0.15, 0.2) is 84.9 Å². The van der Waals surface area contributed by atoms with E-state index in [1.54, 1.807) is 0 Å². The van der Waals surface area contributed by atoms with Gasteiger partial charge >= 0.3 is 0 Å². The van der Waals surface area contributed by atoms with E-state index in [1.807, 2.05) is 0 Å². The normalized spacial score (nSPS) is 12.9. The molecule has 1 aromatic heterocycles. The van der Waals surface area contributed by atoms with E-state index in [-0.39, 0.29) is 5.92 Å². The third-order valence-corrected chi connectivity index (χ3v) is 6.01. The molecule has 3 nitrogen and oxygen atoms in total. The zero-order valence-corrected chi connectivity index (χ0v) is 17.5. The van der Waals surface area contributed by atoms with Crippen LogP contribution in [-0.4, -0.2) is 16.3 Å². The van der Waals surface area contributed by atoms with Crippen LogP contribution in [-0.2, 0) is 6.42 Å². The molecule has 3 heteroatoms. The highest BCUT2D eigenvalue weighted by molar-refractivity contribution is 5.61. The standard InChI is InChI=1S/C27H27N3/c1-19(2)22-15-9-10-16-24(22)30-27-23(17-18-28-27)26(29-30)25(20-11-5-3-6-12-20)21-13-7-4-8-14-21/h3-16,19,25,28H,17-18H2,1-2H3. The summed E-state index contributed by atoms with van der Waals surface area (Å²) in [6, 6.07) is 30.1. The fourth-order valence-electron chi connectivity index (χ4n) is 4.58. The maximum Gasteiger partial charge on any atom is 0.133 e. The Kier molecular flexibility index (Phi) is 4.88. The Labute approximate surface area is 178 Å². The van der Waals surface area contributed by atoms with Gasteiger partial charge in [0.1, 0.15) is 5.82 Å². The van der Waals surface area contributed by atoms with Gasteiger partial charge in [-0.15, -0.1) is 0 Å². The van der Waals surface area contributed by atoms with Crippen LogP contribution in [0.1, 0.15) is 53.6 Å². The summed E-state index contributed by atoms with van der Waals surface area (Å²) >= 11 is 0. The predicted molar refractivity (Wildman–Crippen MR) is 124 cm³/mol. The summed E-state index contributed by atoms with van der Waals surface area (Å²) in [5, 5.41) is 8.86. The molecule has 1 N–H and O–H groups in total. The zero-order valence-electron chi connectivity index (χ0n) is 17.5. The number of para-hydroxylation sites is 1. The fraction of sp³-hybridized carbons (Fsp3) is 0.222. The van der Waals surface area contributed by atoms with E-state index >= 15 is 0 Å². The summed E-state index contributed by atoms with van der Waals surface area (Å²) in [6.07, 6.45) is 1.00. The van der Waals surface area contributed by atoms with Crippen molar-refractivity contribution < 1.29 is 0 Å². The second-order valence-corrected chi connectivity index (χ2v) is 8.27. The van der Waals surface area contributed by atoms with Crippen LogP contribution in [0.2, 0.25) is 0 Å². The van der Waals surface area contributed by atoms with Crippen LogP contribution >= 0.6 is 0 Å². The van der Waals surface area contributed by atoms with E-state index in [0.29, 0.717) is 5.92 Å². The molecule has 0 bridgehead atoms. The number of anilines is 1. The SMILES string of the molecule is CC(C)c1ccccc1-n1nc(C(c2ccccc2)c2ccccc2)c2c1NCC2. The van der Waals surface area contributed by atoms with Gasteiger partial charge in [0.25, 0.3) is 0 Å². The Morgan fingerprint density at radius 3 is 2.03 bits per heavy atom. The molecule has 1 aliphatic rings. The lowest BCUT2D eigenvalue weighted by Crippen LogP contribution is -2.10. The van der Waals surface area contributed by atoms with Crippen molar-refractivity contribution in [1.82, 2.24) is 9.78 Å². The lowest BCUT2D eigenvalue weighted by molar-refractivity contribution is 0.777. The molecule has 0 amide bonds. The lowest BCUT2D eigenvalue weighted by atomic mass is 9.86. The molecule has 0 fully saturated rings. The van der Waals surface area contributed by atoms with Gasteiger partial charge in [-0.25, -0.2) is 4.68 Å². The van der Waals surface area contributed by atoms with Crippen molar-refractivity contribution in [2.24, 2.45) is 0 Å². The first kappa shape index (κ1) is 18.7. The Morgan fingerprint density at radius 1 is 0.800 bits per heavy atom. The first-order valence-corrected chi connectivity index (χ1v) is 10.8. The second-order valence-electron chi connectivity index (χ2n) is 8.27. The van der Waals surface area contributed by atoms with Crippen molar-refractivity contribution in [1.29, 1.82) is 0 Å². The molecule has 5 rings (SSSR count).